The molecule has 0 saturated carbocycles. The first kappa shape index (κ1) is 16.1. The minimum Gasteiger partial charge on any atom is -0.309 e. The van der Waals surface area contributed by atoms with E-state index in [9.17, 15) is 0 Å². The number of benzene rings is 2. The van der Waals surface area contributed by atoms with Crippen molar-refractivity contribution >= 4 is 11.8 Å². The van der Waals surface area contributed by atoms with Crippen LogP contribution >= 0.6 is 11.8 Å². The van der Waals surface area contributed by atoms with Gasteiger partial charge in [0.15, 0.2) is 0 Å². The summed E-state index contributed by atoms with van der Waals surface area (Å²) in [6.45, 7) is 9.64. The zero-order valence-electron chi connectivity index (χ0n) is 13.4. The Balaban J connectivity index is 2.07. The summed E-state index contributed by atoms with van der Waals surface area (Å²) < 4.78 is 0. The lowest BCUT2D eigenvalue weighted by molar-refractivity contribution is 0.606. The molecule has 2 heteroatoms. The highest BCUT2D eigenvalue weighted by Gasteiger charge is 2.11. The smallest absolute Gasteiger partial charge is 0.0415 e. The van der Waals surface area contributed by atoms with Crippen LogP contribution < -0.4 is 5.32 Å². The molecule has 0 aliphatic rings. The van der Waals surface area contributed by atoms with E-state index in [-0.39, 0.29) is 0 Å². The molecule has 2 aromatic rings. The molecule has 0 radical (unpaired) electrons. The number of nitrogens with one attached hydrogen (secondary N) is 1. The number of aryl methyl sites for hydroxylation is 3. The van der Waals surface area contributed by atoms with Gasteiger partial charge in [0.25, 0.3) is 0 Å². The summed E-state index contributed by atoms with van der Waals surface area (Å²) in [5, 5.41) is 3.60. The Bertz CT molecular complexity index is 575. The summed E-state index contributed by atoms with van der Waals surface area (Å²) in [7, 11) is 0. The number of thioether (sulfide) groups is 1. The summed E-state index contributed by atoms with van der Waals surface area (Å²) in [5.74, 6) is 1.06. The Labute approximate surface area is 133 Å². The van der Waals surface area contributed by atoms with Gasteiger partial charge in [0.1, 0.15) is 0 Å². The third-order valence-electron chi connectivity index (χ3n) is 3.67. The maximum absolute atomic E-state index is 3.60. The summed E-state index contributed by atoms with van der Waals surface area (Å²) in [4.78, 5) is 1.38. The molecule has 2 rings (SSSR count). The fourth-order valence-electron chi connectivity index (χ4n) is 2.45. The normalized spacial score (nSPS) is 12.4. The van der Waals surface area contributed by atoms with Gasteiger partial charge in [-0.1, -0.05) is 54.4 Å². The summed E-state index contributed by atoms with van der Waals surface area (Å²) in [5.41, 5.74) is 5.40. The molecule has 2 aromatic carbocycles. The van der Waals surface area contributed by atoms with Crippen LogP contribution in [-0.2, 0) is 0 Å². The molecule has 0 fully saturated rings. The van der Waals surface area contributed by atoms with Crippen LogP contribution in [0.2, 0.25) is 0 Å². The summed E-state index contributed by atoms with van der Waals surface area (Å²) in [6.07, 6.45) is 0. The Morgan fingerprint density at radius 1 is 0.952 bits per heavy atom. The molecule has 0 aromatic heterocycles. The fourth-order valence-corrected chi connectivity index (χ4v) is 3.56. The Hall–Kier alpha value is -1.25. The van der Waals surface area contributed by atoms with Gasteiger partial charge in [0, 0.05) is 16.7 Å². The van der Waals surface area contributed by atoms with E-state index in [4.69, 9.17) is 0 Å². The number of rotatable bonds is 6. The third kappa shape index (κ3) is 4.62. The van der Waals surface area contributed by atoms with E-state index in [0.29, 0.717) is 6.04 Å². The highest BCUT2D eigenvalue weighted by molar-refractivity contribution is 7.99. The molecule has 0 bridgehead atoms. The lowest BCUT2D eigenvalue weighted by Crippen LogP contribution is -2.22. The average molecular weight is 299 g/mol. The van der Waals surface area contributed by atoms with Gasteiger partial charge in [-0.2, -0.15) is 0 Å². The lowest BCUT2D eigenvalue weighted by Gasteiger charge is -2.19. The second kappa shape index (κ2) is 7.67. The van der Waals surface area contributed by atoms with E-state index < -0.39 is 0 Å². The summed E-state index contributed by atoms with van der Waals surface area (Å²) in [6, 6.07) is 16.0. The van der Waals surface area contributed by atoms with Gasteiger partial charge in [-0.25, -0.2) is 0 Å². The maximum atomic E-state index is 3.60. The van der Waals surface area contributed by atoms with Gasteiger partial charge >= 0.3 is 0 Å². The standard InChI is InChI=1S/C19H25NS/c1-5-20-18(17-9-6-14(2)7-10-17)13-21-19-11-8-15(3)12-16(19)4/h6-12,18,20H,5,13H2,1-4H3. The first-order chi connectivity index (χ1) is 10.1. The van der Waals surface area contributed by atoms with E-state index >= 15 is 0 Å². The number of hydrogen-bond acceptors (Lipinski definition) is 2. The van der Waals surface area contributed by atoms with Crippen molar-refractivity contribution in [2.45, 2.75) is 38.6 Å². The van der Waals surface area contributed by atoms with Gasteiger partial charge in [0.2, 0.25) is 0 Å². The molecule has 0 aliphatic carbocycles. The van der Waals surface area contributed by atoms with Crippen molar-refractivity contribution in [3.8, 4) is 0 Å². The highest BCUT2D eigenvalue weighted by Crippen LogP contribution is 2.28. The van der Waals surface area contributed by atoms with Crippen LogP contribution in [-0.4, -0.2) is 12.3 Å². The zero-order chi connectivity index (χ0) is 15.2. The molecule has 0 spiro atoms. The third-order valence-corrected chi connectivity index (χ3v) is 4.94. The molecular weight excluding hydrogens is 274 g/mol. The van der Waals surface area contributed by atoms with E-state index in [1.165, 1.54) is 27.1 Å². The average Bonchev–Trinajstić information content (AvgIpc) is 2.46. The van der Waals surface area contributed by atoms with Crippen molar-refractivity contribution in [2.24, 2.45) is 0 Å². The fraction of sp³-hybridized carbons (Fsp3) is 0.368. The zero-order valence-corrected chi connectivity index (χ0v) is 14.3. The van der Waals surface area contributed by atoms with Gasteiger partial charge in [-0.15, -0.1) is 11.8 Å². The van der Waals surface area contributed by atoms with Crippen molar-refractivity contribution in [3.63, 3.8) is 0 Å². The van der Waals surface area contributed by atoms with Gasteiger partial charge in [-0.05, 0) is 44.5 Å². The minimum atomic E-state index is 0.404. The van der Waals surface area contributed by atoms with E-state index in [1.54, 1.807) is 0 Å². The van der Waals surface area contributed by atoms with Gasteiger partial charge in [0.05, 0.1) is 0 Å². The number of hydrogen-bond donors (Lipinski definition) is 1. The SMILES string of the molecule is CCNC(CSc1ccc(C)cc1C)c1ccc(C)cc1. The van der Waals surface area contributed by atoms with Gasteiger partial charge in [-0.3, -0.25) is 0 Å². The van der Waals surface area contributed by atoms with E-state index in [0.717, 1.165) is 12.3 Å². The molecule has 1 atom stereocenters. The first-order valence-electron chi connectivity index (χ1n) is 7.60. The molecule has 0 heterocycles. The van der Waals surface area contributed by atoms with Crippen LogP contribution in [0.1, 0.15) is 35.2 Å². The Morgan fingerprint density at radius 3 is 2.24 bits per heavy atom. The van der Waals surface area contributed by atoms with Crippen molar-refractivity contribution in [2.75, 3.05) is 12.3 Å². The molecule has 0 aliphatic heterocycles. The first-order valence-corrected chi connectivity index (χ1v) is 8.58. The predicted molar refractivity (Wildman–Crippen MR) is 94.2 cm³/mol. The van der Waals surface area contributed by atoms with Crippen LogP contribution in [0.5, 0.6) is 0 Å². The molecule has 0 saturated heterocycles. The topological polar surface area (TPSA) is 12.0 Å². The van der Waals surface area contributed by atoms with Crippen molar-refractivity contribution in [3.05, 3.63) is 64.7 Å². The predicted octanol–water partition coefficient (Wildman–Crippen LogP) is 5.05. The minimum absolute atomic E-state index is 0.404. The van der Waals surface area contributed by atoms with Crippen LogP contribution in [0.3, 0.4) is 0 Å². The van der Waals surface area contributed by atoms with Crippen molar-refractivity contribution in [1.82, 2.24) is 5.32 Å². The van der Waals surface area contributed by atoms with Crippen LogP contribution in [0.15, 0.2) is 47.4 Å². The highest BCUT2D eigenvalue weighted by atomic mass is 32.2. The second-order valence-electron chi connectivity index (χ2n) is 5.60. The van der Waals surface area contributed by atoms with Crippen molar-refractivity contribution in [1.29, 1.82) is 0 Å². The quantitative estimate of drug-likeness (QED) is 0.749. The Morgan fingerprint density at radius 2 is 1.62 bits per heavy atom. The van der Waals surface area contributed by atoms with E-state index in [2.05, 4.69) is 75.5 Å². The monoisotopic (exact) mass is 299 g/mol. The van der Waals surface area contributed by atoms with Crippen LogP contribution in [0, 0.1) is 20.8 Å². The molecule has 0 amide bonds. The molecule has 1 unspecified atom stereocenters. The molecule has 21 heavy (non-hydrogen) atoms. The van der Waals surface area contributed by atoms with E-state index in [1.807, 2.05) is 11.8 Å². The molecule has 1 N–H and O–H groups in total. The molecule has 1 nitrogen and oxygen atoms in total. The van der Waals surface area contributed by atoms with Crippen LogP contribution in [0.4, 0.5) is 0 Å². The van der Waals surface area contributed by atoms with Gasteiger partial charge < -0.3 is 5.32 Å². The molecular formula is C19H25NS. The summed E-state index contributed by atoms with van der Waals surface area (Å²) >= 11 is 1.94. The van der Waals surface area contributed by atoms with Crippen LogP contribution in [0.25, 0.3) is 0 Å². The second-order valence-corrected chi connectivity index (χ2v) is 6.66. The largest absolute Gasteiger partial charge is 0.309 e. The maximum Gasteiger partial charge on any atom is 0.0415 e. The lowest BCUT2D eigenvalue weighted by atomic mass is 10.1. The van der Waals surface area contributed by atoms with Crippen molar-refractivity contribution < 1.29 is 0 Å². The molecule has 112 valence electrons. The Kier molecular flexibility index (Phi) is 5.89.